The molecule has 0 fully saturated rings. The molecule has 1 aliphatic heterocycles. The monoisotopic (exact) mass is 310 g/mol. The SMILES string of the molecule is CCc1nc2n(n1)C[C@H](Nc1nc3ccccc3c(=O)[nH]1)CC2. The van der Waals surface area contributed by atoms with E-state index < -0.39 is 0 Å². The van der Waals surface area contributed by atoms with Gasteiger partial charge in [0.1, 0.15) is 5.82 Å². The van der Waals surface area contributed by atoms with E-state index in [4.69, 9.17) is 0 Å². The molecule has 0 saturated carbocycles. The lowest BCUT2D eigenvalue weighted by Gasteiger charge is -2.23. The lowest BCUT2D eigenvalue weighted by atomic mass is 10.1. The van der Waals surface area contributed by atoms with Crippen LogP contribution in [0.15, 0.2) is 29.1 Å². The summed E-state index contributed by atoms with van der Waals surface area (Å²) in [6, 6.07) is 7.52. The predicted molar refractivity (Wildman–Crippen MR) is 87.5 cm³/mol. The molecule has 118 valence electrons. The summed E-state index contributed by atoms with van der Waals surface area (Å²) >= 11 is 0. The fourth-order valence-electron chi connectivity index (χ4n) is 2.98. The summed E-state index contributed by atoms with van der Waals surface area (Å²) in [5.74, 6) is 2.44. The van der Waals surface area contributed by atoms with E-state index in [2.05, 4.69) is 32.3 Å². The largest absolute Gasteiger partial charge is 0.351 e. The number of rotatable bonds is 3. The number of aromatic amines is 1. The maximum absolute atomic E-state index is 12.1. The molecule has 1 atom stereocenters. The zero-order chi connectivity index (χ0) is 15.8. The van der Waals surface area contributed by atoms with Gasteiger partial charge >= 0.3 is 0 Å². The van der Waals surface area contributed by atoms with E-state index in [1.165, 1.54) is 0 Å². The van der Waals surface area contributed by atoms with Crippen molar-refractivity contribution in [2.75, 3.05) is 5.32 Å². The van der Waals surface area contributed by atoms with Gasteiger partial charge in [0.2, 0.25) is 5.95 Å². The predicted octanol–water partition coefficient (Wildman–Crippen LogP) is 1.50. The minimum absolute atomic E-state index is 0.122. The van der Waals surface area contributed by atoms with Crippen LogP contribution in [0, 0.1) is 0 Å². The molecule has 1 aromatic carbocycles. The van der Waals surface area contributed by atoms with Gasteiger partial charge in [-0.05, 0) is 18.6 Å². The number of H-pyrrole nitrogens is 1. The first-order valence-corrected chi connectivity index (χ1v) is 7.91. The molecule has 0 bridgehead atoms. The number of fused-ring (bicyclic) bond motifs is 2. The van der Waals surface area contributed by atoms with Crippen LogP contribution >= 0.6 is 0 Å². The maximum atomic E-state index is 12.1. The van der Waals surface area contributed by atoms with E-state index in [9.17, 15) is 4.79 Å². The number of anilines is 1. The molecular weight excluding hydrogens is 292 g/mol. The van der Waals surface area contributed by atoms with Gasteiger partial charge in [-0.15, -0.1) is 0 Å². The lowest BCUT2D eigenvalue weighted by Crippen LogP contribution is -2.33. The number of aryl methyl sites for hydroxylation is 2. The standard InChI is InChI=1S/C16H18N6O/c1-2-13-19-14-8-7-10(9-22(14)21-13)17-16-18-12-6-4-3-5-11(12)15(23)20-16/h3-6,10H,2,7-9H2,1H3,(H2,17,18,20,23)/t10-/m1/s1. The fraction of sp³-hybridized carbons (Fsp3) is 0.375. The number of hydrogen-bond donors (Lipinski definition) is 2. The Labute approximate surface area is 132 Å². The van der Waals surface area contributed by atoms with Crippen LogP contribution in [-0.4, -0.2) is 30.8 Å². The van der Waals surface area contributed by atoms with Gasteiger partial charge in [0.25, 0.3) is 5.56 Å². The molecule has 2 N–H and O–H groups in total. The number of para-hydroxylation sites is 1. The van der Waals surface area contributed by atoms with E-state index in [1.807, 2.05) is 22.9 Å². The maximum Gasteiger partial charge on any atom is 0.260 e. The summed E-state index contributed by atoms with van der Waals surface area (Å²) in [5, 5.41) is 8.43. The molecule has 0 saturated heterocycles. The van der Waals surface area contributed by atoms with Crippen LogP contribution in [0.1, 0.15) is 25.0 Å². The molecule has 0 spiro atoms. The Bertz CT molecular complexity index is 912. The molecule has 0 radical (unpaired) electrons. The van der Waals surface area contributed by atoms with E-state index in [0.29, 0.717) is 16.9 Å². The Balaban J connectivity index is 1.58. The fourth-order valence-corrected chi connectivity index (χ4v) is 2.98. The first-order chi connectivity index (χ1) is 11.2. The topological polar surface area (TPSA) is 88.5 Å². The number of hydrogen-bond acceptors (Lipinski definition) is 5. The molecule has 0 aliphatic carbocycles. The molecule has 7 heteroatoms. The second-order valence-corrected chi connectivity index (χ2v) is 5.79. The molecule has 0 unspecified atom stereocenters. The van der Waals surface area contributed by atoms with Gasteiger partial charge in [0.05, 0.1) is 17.4 Å². The number of nitrogens with zero attached hydrogens (tertiary/aromatic N) is 4. The van der Waals surface area contributed by atoms with E-state index >= 15 is 0 Å². The van der Waals surface area contributed by atoms with Crippen LogP contribution in [-0.2, 0) is 19.4 Å². The van der Waals surface area contributed by atoms with Crippen LogP contribution in [0.3, 0.4) is 0 Å². The summed E-state index contributed by atoms with van der Waals surface area (Å²) in [6.07, 6.45) is 2.67. The lowest BCUT2D eigenvalue weighted by molar-refractivity contribution is 0.439. The van der Waals surface area contributed by atoms with Gasteiger partial charge in [-0.3, -0.25) is 9.78 Å². The van der Waals surface area contributed by atoms with Crippen molar-refractivity contribution in [3.8, 4) is 0 Å². The van der Waals surface area contributed by atoms with Crippen LogP contribution < -0.4 is 10.9 Å². The quantitative estimate of drug-likeness (QED) is 0.765. The highest BCUT2D eigenvalue weighted by Gasteiger charge is 2.21. The highest BCUT2D eigenvalue weighted by molar-refractivity contribution is 5.78. The Morgan fingerprint density at radius 3 is 3.09 bits per heavy atom. The third kappa shape index (κ3) is 2.58. The average molecular weight is 310 g/mol. The first kappa shape index (κ1) is 13.9. The highest BCUT2D eigenvalue weighted by Crippen LogP contribution is 2.16. The van der Waals surface area contributed by atoms with Gasteiger partial charge < -0.3 is 5.32 Å². The second-order valence-electron chi connectivity index (χ2n) is 5.79. The van der Waals surface area contributed by atoms with Crippen LogP contribution in [0.5, 0.6) is 0 Å². The van der Waals surface area contributed by atoms with Crippen LogP contribution in [0.2, 0.25) is 0 Å². The first-order valence-electron chi connectivity index (χ1n) is 7.91. The van der Waals surface area contributed by atoms with Crippen LogP contribution in [0.4, 0.5) is 5.95 Å². The summed E-state index contributed by atoms with van der Waals surface area (Å²) < 4.78 is 1.96. The zero-order valence-corrected chi connectivity index (χ0v) is 12.9. The Hall–Kier alpha value is -2.70. The third-order valence-corrected chi connectivity index (χ3v) is 4.17. The molecule has 3 heterocycles. The summed E-state index contributed by atoms with van der Waals surface area (Å²) in [6.45, 7) is 2.79. The minimum atomic E-state index is -0.122. The van der Waals surface area contributed by atoms with Gasteiger partial charge in [0.15, 0.2) is 5.82 Å². The molecule has 0 amide bonds. The summed E-state index contributed by atoms with van der Waals surface area (Å²) in [7, 11) is 0. The van der Waals surface area contributed by atoms with E-state index in [-0.39, 0.29) is 11.6 Å². The van der Waals surface area contributed by atoms with Crippen molar-refractivity contribution in [2.24, 2.45) is 0 Å². The van der Waals surface area contributed by atoms with E-state index in [1.54, 1.807) is 6.07 Å². The Morgan fingerprint density at radius 2 is 2.22 bits per heavy atom. The average Bonchev–Trinajstić information content (AvgIpc) is 2.97. The zero-order valence-electron chi connectivity index (χ0n) is 12.9. The molecule has 1 aliphatic rings. The van der Waals surface area contributed by atoms with Crippen molar-refractivity contribution in [2.45, 2.75) is 38.8 Å². The minimum Gasteiger partial charge on any atom is -0.351 e. The summed E-state index contributed by atoms with van der Waals surface area (Å²) in [4.78, 5) is 23.9. The van der Waals surface area contributed by atoms with Crippen LogP contribution in [0.25, 0.3) is 10.9 Å². The molecule has 4 rings (SSSR count). The second kappa shape index (κ2) is 5.49. The Morgan fingerprint density at radius 1 is 1.35 bits per heavy atom. The molecule has 2 aromatic heterocycles. The molecule has 23 heavy (non-hydrogen) atoms. The summed E-state index contributed by atoms with van der Waals surface area (Å²) in [5.41, 5.74) is 0.577. The van der Waals surface area contributed by atoms with Gasteiger partial charge in [-0.25, -0.2) is 14.6 Å². The van der Waals surface area contributed by atoms with Gasteiger partial charge in [0, 0.05) is 18.9 Å². The number of benzene rings is 1. The smallest absolute Gasteiger partial charge is 0.260 e. The van der Waals surface area contributed by atoms with Crippen molar-refractivity contribution >= 4 is 16.9 Å². The van der Waals surface area contributed by atoms with Crippen molar-refractivity contribution in [3.63, 3.8) is 0 Å². The third-order valence-electron chi connectivity index (χ3n) is 4.17. The molecule has 7 nitrogen and oxygen atoms in total. The number of aromatic nitrogens is 5. The van der Waals surface area contributed by atoms with Crippen molar-refractivity contribution in [3.05, 3.63) is 46.3 Å². The van der Waals surface area contributed by atoms with Crippen molar-refractivity contribution in [1.29, 1.82) is 0 Å². The molecule has 3 aromatic rings. The van der Waals surface area contributed by atoms with Crippen molar-refractivity contribution in [1.82, 2.24) is 24.7 Å². The number of nitrogens with one attached hydrogen (secondary N) is 2. The van der Waals surface area contributed by atoms with Crippen molar-refractivity contribution < 1.29 is 0 Å². The molecular formula is C16H18N6O. The highest BCUT2D eigenvalue weighted by atomic mass is 16.1. The van der Waals surface area contributed by atoms with Gasteiger partial charge in [-0.2, -0.15) is 5.10 Å². The van der Waals surface area contributed by atoms with E-state index in [0.717, 1.165) is 37.5 Å². The Kier molecular flexibility index (Phi) is 3.33. The van der Waals surface area contributed by atoms with Gasteiger partial charge in [-0.1, -0.05) is 19.1 Å². The normalized spacial score (nSPS) is 17.2.